The van der Waals surface area contributed by atoms with Gasteiger partial charge in [-0.25, -0.2) is 4.39 Å². The molecular formula is C13H15FO2. The SMILES string of the molecule is CC(=O)CCC(=O)/C=C/C1=C(F)CCC=C1. The van der Waals surface area contributed by atoms with Crippen LogP contribution in [0, 0.1) is 0 Å². The second-order valence-corrected chi connectivity index (χ2v) is 3.80. The smallest absolute Gasteiger partial charge is 0.156 e. The molecule has 2 nitrogen and oxygen atoms in total. The van der Waals surface area contributed by atoms with E-state index >= 15 is 0 Å². The summed E-state index contributed by atoms with van der Waals surface area (Å²) in [5.41, 5.74) is 0.461. The maximum absolute atomic E-state index is 13.2. The summed E-state index contributed by atoms with van der Waals surface area (Å²) < 4.78 is 13.2. The Hall–Kier alpha value is -1.51. The van der Waals surface area contributed by atoms with Crippen molar-refractivity contribution in [3.05, 3.63) is 35.7 Å². The third kappa shape index (κ3) is 4.34. The van der Waals surface area contributed by atoms with Gasteiger partial charge >= 0.3 is 0 Å². The lowest BCUT2D eigenvalue weighted by Crippen LogP contribution is -1.98. The van der Waals surface area contributed by atoms with Gasteiger partial charge in [0.2, 0.25) is 0 Å². The van der Waals surface area contributed by atoms with Crippen molar-refractivity contribution in [3.63, 3.8) is 0 Å². The van der Waals surface area contributed by atoms with Crippen molar-refractivity contribution < 1.29 is 14.0 Å². The maximum atomic E-state index is 13.2. The minimum Gasteiger partial charge on any atom is -0.300 e. The monoisotopic (exact) mass is 222 g/mol. The minimum absolute atomic E-state index is 0.00953. The topological polar surface area (TPSA) is 34.1 Å². The van der Waals surface area contributed by atoms with Crippen molar-refractivity contribution >= 4 is 11.6 Å². The van der Waals surface area contributed by atoms with Gasteiger partial charge in [0.15, 0.2) is 5.78 Å². The number of rotatable bonds is 5. The molecule has 0 unspecified atom stereocenters. The van der Waals surface area contributed by atoms with Gasteiger partial charge in [0, 0.05) is 24.8 Å². The highest BCUT2D eigenvalue weighted by molar-refractivity contribution is 5.92. The number of halogens is 1. The Bertz CT molecular complexity index is 375. The van der Waals surface area contributed by atoms with Gasteiger partial charge in [-0.2, -0.15) is 0 Å². The van der Waals surface area contributed by atoms with E-state index in [0.29, 0.717) is 18.4 Å². The standard InChI is InChI=1S/C13H15FO2/c1-10(15)6-8-12(16)9-7-11-4-2-3-5-13(11)14/h2,4,7,9H,3,5-6,8H2,1H3/b9-7+. The second-order valence-electron chi connectivity index (χ2n) is 3.80. The zero-order valence-electron chi connectivity index (χ0n) is 9.33. The van der Waals surface area contributed by atoms with Crippen molar-refractivity contribution in [2.75, 3.05) is 0 Å². The van der Waals surface area contributed by atoms with Gasteiger partial charge in [0.05, 0.1) is 0 Å². The molecular weight excluding hydrogens is 207 g/mol. The van der Waals surface area contributed by atoms with Crippen LogP contribution in [0.5, 0.6) is 0 Å². The molecule has 16 heavy (non-hydrogen) atoms. The third-order valence-corrected chi connectivity index (χ3v) is 2.31. The van der Waals surface area contributed by atoms with Gasteiger partial charge in [0.1, 0.15) is 11.6 Å². The van der Waals surface area contributed by atoms with Crippen LogP contribution in [-0.4, -0.2) is 11.6 Å². The van der Waals surface area contributed by atoms with Crippen LogP contribution in [0.15, 0.2) is 35.7 Å². The molecule has 3 heteroatoms. The molecule has 1 aliphatic rings. The first kappa shape index (κ1) is 12.6. The van der Waals surface area contributed by atoms with Crippen LogP contribution in [0.4, 0.5) is 4.39 Å². The summed E-state index contributed by atoms with van der Waals surface area (Å²) >= 11 is 0. The Kier molecular flexibility index (Phi) is 4.83. The maximum Gasteiger partial charge on any atom is 0.156 e. The van der Waals surface area contributed by atoms with Gasteiger partial charge in [-0.3, -0.25) is 4.79 Å². The highest BCUT2D eigenvalue weighted by atomic mass is 19.1. The molecule has 0 aromatic rings. The number of hydrogen-bond acceptors (Lipinski definition) is 2. The summed E-state index contributed by atoms with van der Waals surface area (Å²) in [5.74, 6) is -0.336. The Labute approximate surface area is 94.5 Å². The van der Waals surface area contributed by atoms with E-state index < -0.39 is 0 Å². The molecule has 0 saturated heterocycles. The molecule has 0 atom stereocenters. The normalized spacial score (nSPS) is 15.9. The molecule has 0 aliphatic heterocycles. The molecule has 0 N–H and O–H groups in total. The summed E-state index contributed by atoms with van der Waals surface area (Å²) in [4.78, 5) is 21.9. The van der Waals surface area contributed by atoms with Crippen LogP contribution in [0.2, 0.25) is 0 Å². The lowest BCUT2D eigenvalue weighted by atomic mass is 10.0. The van der Waals surface area contributed by atoms with Crippen LogP contribution in [0.3, 0.4) is 0 Å². The van der Waals surface area contributed by atoms with Crippen LogP contribution in [-0.2, 0) is 9.59 Å². The molecule has 0 amide bonds. The molecule has 0 radical (unpaired) electrons. The lowest BCUT2D eigenvalue weighted by Gasteiger charge is -2.04. The van der Waals surface area contributed by atoms with Crippen molar-refractivity contribution in [3.8, 4) is 0 Å². The molecule has 1 rings (SSSR count). The van der Waals surface area contributed by atoms with Crippen LogP contribution in [0.25, 0.3) is 0 Å². The summed E-state index contributed by atoms with van der Waals surface area (Å²) in [6, 6.07) is 0. The van der Waals surface area contributed by atoms with E-state index in [1.54, 1.807) is 6.08 Å². The molecule has 0 saturated carbocycles. The number of ketones is 2. The Balaban J connectivity index is 2.50. The summed E-state index contributed by atoms with van der Waals surface area (Å²) in [6.45, 7) is 1.45. The van der Waals surface area contributed by atoms with Crippen LogP contribution >= 0.6 is 0 Å². The Morgan fingerprint density at radius 3 is 2.81 bits per heavy atom. The molecule has 0 aromatic heterocycles. The average Bonchev–Trinajstić information content (AvgIpc) is 2.25. The highest BCUT2D eigenvalue weighted by Gasteiger charge is 2.05. The van der Waals surface area contributed by atoms with Crippen molar-refractivity contribution in [2.45, 2.75) is 32.6 Å². The fraction of sp³-hybridized carbons (Fsp3) is 0.385. The number of allylic oxidation sites excluding steroid dienone is 6. The molecule has 0 spiro atoms. The molecule has 0 fully saturated rings. The largest absolute Gasteiger partial charge is 0.300 e. The molecule has 0 aromatic carbocycles. The zero-order chi connectivity index (χ0) is 12.0. The predicted molar refractivity (Wildman–Crippen MR) is 60.6 cm³/mol. The number of Topliss-reactive ketones (excluding diaryl/α,β-unsaturated/α-hetero) is 1. The summed E-state index contributed by atoms with van der Waals surface area (Å²) in [5, 5.41) is 0. The van der Waals surface area contributed by atoms with Gasteiger partial charge in [-0.15, -0.1) is 0 Å². The van der Waals surface area contributed by atoms with E-state index in [4.69, 9.17) is 0 Å². The molecule has 0 bridgehead atoms. The van der Waals surface area contributed by atoms with Gasteiger partial charge in [-0.05, 0) is 25.5 Å². The fourth-order valence-electron chi connectivity index (χ4n) is 1.37. The second kappa shape index (κ2) is 6.16. The first-order valence-electron chi connectivity index (χ1n) is 5.35. The Morgan fingerprint density at radius 2 is 2.19 bits per heavy atom. The quantitative estimate of drug-likeness (QED) is 0.670. The fourth-order valence-corrected chi connectivity index (χ4v) is 1.37. The van der Waals surface area contributed by atoms with E-state index in [1.165, 1.54) is 19.1 Å². The molecule has 86 valence electrons. The number of hydrogen-bond donors (Lipinski definition) is 0. The lowest BCUT2D eigenvalue weighted by molar-refractivity contribution is -0.120. The van der Waals surface area contributed by atoms with Crippen molar-refractivity contribution in [2.24, 2.45) is 0 Å². The van der Waals surface area contributed by atoms with E-state index in [0.717, 1.165) is 0 Å². The van der Waals surface area contributed by atoms with Gasteiger partial charge < -0.3 is 4.79 Å². The average molecular weight is 222 g/mol. The number of carbonyl (C=O) groups is 2. The van der Waals surface area contributed by atoms with E-state index in [1.807, 2.05) is 6.08 Å². The van der Waals surface area contributed by atoms with E-state index in [-0.39, 0.29) is 30.2 Å². The first-order valence-corrected chi connectivity index (χ1v) is 5.35. The van der Waals surface area contributed by atoms with E-state index in [9.17, 15) is 14.0 Å². The summed E-state index contributed by atoms with van der Waals surface area (Å²) in [6.07, 6.45) is 7.93. The zero-order valence-corrected chi connectivity index (χ0v) is 9.33. The predicted octanol–water partition coefficient (Wildman–Crippen LogP) is 3.05. The molecule has 1 aliphatic carbocycles. The van der Waals surface area contributed by atoms with Crippen LogP contribution in [0.1, 0.15) is 32.6 Å². The third-order valence-electron chi connectivity index (χ3n) is 2.31. The minimum atomic E-state index is -0.182. The number of carbonyl (C=O) groups excluding carboxylic acids is 2. The van der Waals surface area contributed by atoms with Crippen molar-refractivity contribution in [1.82, 2.24) is 0 Å². The first-order chi connectivity index (χ1) is 7.59. The Morgan fingerprint density at radius 1 is 1.44 bits per heavy atom. The van der Waals surface area contributed by atoms with Gasteiger partial charge in [-0.1, -0.05) is 12.2 Å². The summed E-state index contributed by atoms with van der Waals surface area (Å²) in [7, 11) is 0. The van der Waals surface area contributed by atoms with Crippen molar-refractivity contribution in [1.29, 1.82) is 0 Å². The molecule has 0 heterocycles. The van der Waals surface area contributed by atoms with Crippen LogP contribution < -0.4 is 0 Å². The van der Waals surface area contributed by atoms with Gasteiger partial charge in [0.25, 0.3) is 0 Å². The highest BCUT2D eigenvalue weighted by Crippen LogP contribution is 2.20. The van der Waals surface area contributed by atoms with E-state index in [2.05, 4.69) is 0 Å².